The monoisotopic (exact) mass is 323 g/mol. The molecule has 20 heavy (non-hydrogen) atoms. The molecule has 0 saturated carbocycles. The van der Waals surface area contributed by atoms with Gasteiger partial charge in [-0.2, -0.15) is 9.40 Å². The maximum atomic E-state index is 12.4. The zero-order valence-corrected chi connectivity index (χ0v) is 12.2. The van der Waals surface area contributed by atoms with Gasteiger partial charge in [0.05, 0.1) is 17.2 Å². The van der Waals surface area contributed by atoms with Crippen molar-refractivity contribution in [2.75, 3.05) is 24.6 Å². The van der Waals surface area contributed by atoms with Crippen molar-refractivity contribution in [2.45, 2.75) is 11.8 Å². The van der Waals surface area contributed by atoms with E-state index in [1.54, 1.807) is 0 Å². The molecule has 0 aromatic carbocycles. The number of aromatic nitrogens is 2. The number of aryl methyl sites for hydroxylation is 1. The first-order valence-electron chi connectivity index (χ1n) is 5.64. The van der Waals surface area contributed by atoms with Gasteiger partial charge < -0.3 is 5.11 Å². The number of aromatic amines is 1. The van der Waals surface area contributed by atoms with Gasteiger partial charge in [0.15, 0.2) is 15.5 Å². The molecule has 0 spiro atoms. The number of sulfone groups is 1. The summed E-state index contributed by atoms with van der Waals surface area (Å²) < 4.78 is 48.4. The molecule has 2 heterocycles. The number of hydrogen-bond donors (Lipinski definition) is 2. The van der Waals surface area contributed by atoms with Gasteiger partial charge in [-0.05, 0) is 6.92 Å². The minimum Gasteiger partial charge on any atom is -0.476 e. The average Bonchev–Trinajstić information content (AvgIpc) is 2.71. The molecule has 9 nitrogen and oxygen atoms in total. The number of sulfonamides is 1. The van der Waals surface area contributed by atoms with Crippen LogP contribution in [0.2, 0.25) is 0 Å². The van der Waals surface area contributed by atoms with E-state index in [0.717, 1.165) is 4.31 Å². The van der Waals surface area contributed by atoms with Crippen molar-refractivity contribution in [1.29, 1.82) is 0 Å². The van der Waals surface area contributed by atoms with Crippen molar-refractivity contribution < 1.29 is 26.7 Å². The predicted molar refractivity (Wildman–Crippen MR) is 67.7 cm³/mol. The first-order chi connectivity index (χ1) is 9.15. The summed E-state index contributed by atoms with van der Waals surface area (Å²) in [5.41, 5.74) is -0.480. The van der Waals surface area contributed by atoms with E-state index in [0.29, 0.717) is 0 Å². The minimum absolute atomic E-state index is 0.107. The summed E-state index contributed by atoms with van der Waals surface area (Å²) in [4.78, 5) is 10.6. The molecular weight excluding hydrogens is 310 g/mol. The number of nitrogens with zero attached hydrogens (tertiary/aromatic N) is 2. The Kier molecular flexibility index (Phi) is 3.60. The lowest BCUT2D eigenvalue weighted by Crippen LogP contribution is -2.44. The summed E-state index contributed by atoms with van der Waals surface area (Å²) >= 11 is 0. The second-order valence-electron chi connectivity index (χ2n) is 4.39. The Hall–Kier alpha value is -1.46. The topological polar surface area (TPSA) is 138 Å². The highest BCUT2D eigenvalue weighted by Gasteiger charge is 2.36. The average molecular weight is 323 g/mol. The fourth-order valence-electron chi connectivity index (χ4n) is 1.94. The molecule has 1 saturated heterocycles. The standard InChI is InChI=1S/C9H13N3O6S2/c1-6-8(7(9(13)14)11-10-6)20(17,18)12-2-4-19(15,16)5-3-12/h2-5H2,1H3,(H,10,11)(H,13,14). The van der Waals surface area contributed by atoms with E-state index in [2.05, 4.69) is 10.2 Å². The molecule has 0 atom stereocenters. The Morgan fingerprint density at radius 3 is 2.40 bits per heavy atom. The van der Waals surface area contributed by atoms with Crippen LogP contribution in [0.5, 0.6) is 0 Å². The van der Waals surface area contributed by atoms with Crippen molar-refractivity contribution >= 4 is 25.8 Å². The number of nitrogens with one attached hydrogen (secondary N) is 1. The van der Waals surface area contributed by atoms with Crippen LogP contribution >= 0.6 is 0 Å². The van der Waals surface area contributed by atoms with Crippen LogP contribution in [0.4, 0.5) is 0 Å². The van der Waals surface area contributed by atoms with Crippen LogP contribution in [0, 0.1) is 6.92 Å². The number of carbonyl (C=O) groups is 1. The Bertz CT molecular complexity index is 735. The van der Waals surface area contributed by atoms with Crippen LogP contribution in [-0.2, 0) is 19.9 Å². The zero-order chi connectivity index (χ0) is 15.1. The van der Waals surface area contributed by atoms with Crippen LogP contribution in [0.1, 0.15) is 16.2 Å². The van der Waals surface area contributed by atoms with Crippen LogP contribution < -0.4 is 0 Å². The van der Waals surface area contributed by atoms with Gasteiger partial charge in [-0.1, -0.05) is 0 Å². The third kappa shape index (κ3) is 2.55. The van der Waals surface area contributed by atoms with Crippen LogP contribution in [0.15, 0.2) is 4.90 Å². The minimum atomic E-state index is -4.08. The number of aromatic carboxylic acids is 1. The summed E-state index contributed by atoms with van der Waals surface area (Å²) in [5.74, 6) is -2.01. The molecule has 0 unspecified atom stereocenters. The van der Waals surface area contributed by atoms with Crippen LogP contribution in [-0.4, -0.2) is 67.0 Å². The lowest BCUT2D eigenvalue weighted by Gasteiger charge is -2.25. The summed E-state index contributed by atoms with van der Waals surface area (Å²) in [6, 6.07) is 0. The number of H-pyrrole nitrogens is 1. The van der Waals surface area contributed by atoms with Gasteiger partial charge in [0, 0.05) is 13.1 Å². The Morgan fingerprint density at radius 1 is 1.35 bits per heavy atom. The second kappa shape index (κ2) is 4.82. The maximum Gasteiger partial charge on any atom is 0.357 e. The molecule has 1 aliphatic heterocycles. The highest BCUT2D eigenvalue weighted by Crippen LogP contribution is 2.23. The predicted octanol–water partition coefficient (Wildman–Crippen LogP) is -1.16. The molecule has 1 aromatic rings. The lowest BCUT2D eigenvalue weighted by molar-refractivity contribution is 0.0686. The Labute approximate surface area is 115 Å². The first kappa shape index (κ1) is 14.9. The van der Waals surface area contributed by atoms with Gasteiger partial charge in [-0.15, -0.1) is 0 Å². The smallest absolute Gasteiger partial charge is 0.357 e. The van der Waals surface area contributed by atoms with Gasteiger partial charge in [0.1, 0.15) is 4.90 Å². The Morgan fingerprint density at radius 2 is 1.90 bits per heavy atom. The summed E-state index contributed by atoms with van der Waals surface area (Å²) in [5, 5.41) is 14.7. The van der Waals surface area contributed by atoms with Gasteiger partial charge in [0.2, 0.25) is 10.0 Å². The molecule has 1 aromatic heterocycles. The largest absolute Gasteiger partial charge is 0.476 e. The fraction of sp³-hybridized carbons (Fsp3) is 0.556. The molecule has 1 aliphatic rings. The van der Waals surface area contributed by atoms with Crippen molar-refractivity contribution in [3.05, 3.63) is 11.4 Å². The zero-order valence-electron chi connectivity index (χ0n) is 10.5. The first-order valence-corrected chi connectivity index (χ1v) is 8.90. The molecule has 0 aliphatic carbocycles. The highest BCUT2D eigenvalue weighted by atomic mass is 32.2. The molecule has 0 amide bonds. The maximum absolute atomic E-state index is 12.4. The van der Waals surface area contributed by atoms with Gasteiger partial charge in [-0.25, -0.2) is 21.6 Å². The van der Waals surface area contributed by atoms with Crippen molar-refractivity contribution in [3.8, 4) is 0 Å². The van der Waals surface area contributed by atoms with Crippen LogP contribution in [0.3, 0.4) is 0 Å². The third-order valence-electron chi connectivity index (χ3n) is 2.99. The molecule has 11 heteroatoms. The lowest BCUT2D eigenvalue weighted by atomic mass is 10.4. The molecule has 0 radical (unpaired) electrons. The molecule has 1 fully saturated rings. The van der Waals surface area contributed by atoms with Gasteiger partial charge in [0.25, 0.3) is 0 Å². The second-order valence-corrected chi connectivity index (χ2v) is 8.57. The fourth-order valence-corrected chi connectivity index (χ4v) is 5.11. The molecule has 0 bridgehead atoms. The Balaban J connectivity index is 2.42. The van der Waals surface area contributed by atoms with E-state index in [1.165, 1.54) is 6.92 Å². The van der Waals surface area contributed by atoms with E-state index in [4.69, 9.17) is 5.11 Å². The van der Waals surface area contributed by atoms with Crippen molar-refractivity contribution in [1.82, 2.24) is 14.5 Å². The van der Waals surface area contributed by atoms with Crippen LogP contribution in [0.25, 0.3) is 0 Å². The molecular formula is C9H13N3O6S2. The number of carboxylic acids is 1. The summed E-state index contributed by atoms with van der Waals surface area (Å²) in [6.45, 7) is 1.02. The SMILES string of the molecule is Cc1[nH]nc(C(=O)O)c1S(=O)(=O)N1CCS(=O)(=O)CC1. The number of carboxylic acid groups (broad SMARTS) is 1. The normalized spacial score (nSPS) is 19.9. The molecule has 112 valence electrons. The van der Waals surface area contributed by atoms with E-state index in [9.17, 15) is 21.6 Å². The van der Waals surface area contributed by atoms with E-state index in [-0.39, 0.29) is 30.3 Å². The number of hydrogen-bond acceptors (Lipinski definition) is 6. The van der Waals surface area contributed by atoms with E-state index >= 15 is 0 Å². The molecule has 2 rings (SSSR count). The third-order valence-corrected chi connectivity index (χ3v) is 6.66. The van der Waals surface area contributed by atoms with Gasteiger partial charge >= 0.3 is 5.97 Å². The van der Waals surface area contributed by atoms with Gasteiger partial charge in [-0.3, -0.25) is 5.10 Å². The quantitative estimate of drug-likeness (QED) is 0.715. The summed E-state index contributed by atoms with van der Waals surface area (Å²) in [7, 11) is -7.31. The highest BCUT2D eigenvalue weighted by molar-refractivity contribution is 7.92. The van der Waals surface area contributed by atoms with Crippen molar-refractivity contribution in [3.63, 3.8) is 0 Å². The molecule has 2 N–H and O–H groups in total. The van der Waals surface area contributed by atoms with E-state index in [1.807, 2.05) is 0 Å². The van der Waals surface area contributed by atoms with Crippen molar-refractivity contribution in [2.24, 2.45) is 0 Å². The summed E-state index contributed by atoms with van der Waals surface area (Å²) in [6.07, 6.45) is 0. The van der Waals surface area contributed by atoms with E-state index < -0.39 is 36.4 Å². The number of rotatable bonds is 3.